The maximum atomic E-state index is 11.0. The Hall–Kier alpha value is 0.140. The molecule has 64 valence electrons. The number of halogens is 3. The third-order valence-electron chi connectivity index (χ3n) is 1.42. The zero-order valence-electron chi connectivity index (χ0n) is 5.98. The van der Waals surface area contributed by atoms with E-state index < -0.39 is 0 Å². The van der Waals surface area contributed by atoms with Gasteiger partial charge in [-0.15, -0.1) is 0 Å². The van der Waals surface area contributed by atoms with Crippen LogP contribution in [0.25, 0.3) is 0 Å². The Balaban J connectivity index is 3.20. The second kappa shape index (κ2) is 4.40. The predicted molar refractivity (Wildman–Crippen MR) is 57.3 cm³/mol. The molecule has 12 heavy (non-hydrogen) atoms. The van der Waals surface area contributed by atoms with Crippen molar-refractivity contribution < 1.29 is 4.79 Å². The van der Waals surface area contributed by atoms with E-state index in [2.05, 4.69) is 31.9 Å². The van der Waals surface area contributed by atoms with Crippen LogP contribution in [0.3, 0.4) is 0 Å². The van der Waals surface area contributed by atoms with Crippen LogP contribution in [-0.4, -0.2) is 4.69 Å². The van der Waals surface area contributed by atoms with Crippen LogP contribution >= 0.6 is 43.5 Å². The van der Waals surface area contributed by atoms with Crippen LogP contribution in [0.15, 0.2) is 18.2 Å². The number of hydrogen-bond donors (Lipinski definition) is 0. The molecule has 1 rings (SSSR count). The first kappa shape index (κ1) is 10.2. The van der Waals surface area contributed by atoms with Crippen molar-refractivity contribution in [3.8, 4) is 0 Å². The highest BCUT2D eigenvalue weighted by Crippen LogP contribution is 2.20. The van der Waals surface area contributed by atoms with Crippen molar-refractivity contribution in [1.29, 1.82) is 0 Å². The lowest BCUT2D eigenvalue weighted by molar-refractivity contribution is 0.109. The third kappa shape index (κ3) is 2.31. The lowest BCUT2D eigenvalue weighted by atomic mass is 10.1. The van der Waals surface area contributed by atoms with Crippen LogP contribution in [0.5, 0.6) is 0 Å². The first-order valence-corrected chi connectivity index (χ1v) is 5.48. The largest absolute Gasteiger partial charge is 0.281 e. The van der Waals surface area contributed by atoms with Gasteiger partial charge in [-0.25, -0.2) is 0 Å². The number of hydrogen-bond acceptors (Lipinski definition) is 1. The summed E-state index contributed by atoms with van der Waals surface area (Å²) in [5.41, 5.74) is 1.54. The molecule has 0 spiro atoms. The molecule has 0 aliphatic carbocycles. The highest BCUT2D eigenvalue weighted by Gasteiger charge is 2.07. The van der Waals surface area contributed by atoms with Crippen LogP contribution in [0.4, 0.5) is 0 Å². The minimum Gasteiger partial charge on any atom is -0.281 e. The Kier molecular flexibility index (Phi) is 3.75. The summed E-state index contributed by atoms with van der Waals surface area (Å²) >= 11 is 11.9. The molecule has 0 bridgehead atoms. The summed E-state index contributed by atoms with van der Waals surface area (Å²) < 4.78 is -0.117. The van der Waals surface area contributed by atoms with Crippen molar-refractivity contribution in [1.82, 2.24) is 0 Å². The van der Waals surface area contributed by atoms with Crippen LogP contribution < -0.4 is 0 Å². The lowest BCUT2D eigenvalue weighted by Crippen LogP contribution is -1.94. The molecule has 0 unspecified atom stereocenters. The van der Waals surface area contributed by atoms with Crippen LogP contribution in [0, 0.1) is 0 Å². The summed E-state index contributed by atoms with van der Waals surface area (Å²) in [7, 11) is 0. The van der Waals surface area contributed by atoms with E-state index in [1.165, 1.54) is 0 Å². The van der Waals surface area contributed by atoms with Gasteiger partial charge in [0, 0.05) is 15.9 Å². The zero-order valence-corrected chi connectivity index (χ0v) is 9.91. The van der Waals surface area contributed by atoms with E-state index in [-0.39, 0.29) is 4.69 Å². The van der Waals surface area contributed by atoms with E-state index in [9.17, 15) is 4.79 Å². The molecule has 0 amide bonds. The molecule has 0 aromatic heterocycles. The monoisotopic (exact) mass is 310 g/mol. The van der Waals surface area contributed by atoms with Gasteiger partial charge in [-0.2, -0.15) is 0 Å². The normalized spacial score (nSPS) is 9.92. The SMILES string of the molecule is O=C(Br)c1ccc(Cl)cc1CBr. The van der Waals surface area contributed by atoms with Crippen LogP contribution in [0.1, 0.15) is 15.9 Å². The fourth-order valence-corrected chi connectivity index (χ4v) is 1.91. The van der Waals surface area contributed by atoms with Crippen LogP contribution in [0.2, 0.25) is 5.02 Å². The predicted octanol–water partition coefficient (Wildman–Crippen LogP) is 3.77. The number of alkyl halides is 1. The molecule has 1 nitrogen and oxygen atoms in total. The van der Waals surface area contributed by atoms with Gasteiger partial charge in [-0.1, -0.05) is 27.5 Å². The third-order valence-corrected chi connectivity index (χ3v) is 2.69. The van der Waals surface area contributed by atoms with Crippen molar-refractivity contribution in [3.05, 3.63) is 34.3 Å². The maximum Gasteiger partial charge on any atom is 0.228 e. The van der Waals surface area contributed by atoms with Gasteiger partial charge in [-0.3, -0.25) is 4.79 Å². The highest BCUT2D eigenvalue weighted by molar-refractivity contribution is 9.18. The zero-order chi connectivity index (χ0) is 9.14. The average Bonchev–Trinajstić information content (AvgIpc) is 2.03. The molecular formula is C8H5Br2ClO. The maximum absolute atomic E-state index is 11.0. The van der Waals surface area contributed by atoms with Gasteiger partial charge in [-0.05, 0) is 39.7 Å². The van der Waals surface area contributed by atoms with Crippen molar-refractivity contribution in [2.45, 2.75) is 5.33 Å². The molecule has 0 fully saturated rings. The van der Waals surface area contributed by atoms with E-state index in [0.29, 0.717) is 15.9 Å². The fraction of sp³-hybridized carbons (Fsp3) is 0.125. The molecule has 4 heteroatoms. The van der Waals surface area contributed by atoms with Gasteiger partial charge >= 0.3 is 0 Å². The Morgan fingerprint density at radius 2 is 2.17 bits per heavy atom. The molecule has 0 saturated heterocycles. The van der Waals surface area contributed by atoms with Crippen molar-refractivity contribution in [3.63, 3.8) is 0 Å². The van der Waals surface area contributed by atoms with Gasteiger partial charge in [0.1, 0.15) is 0 Å². The Labute approximate surface area is 92.4 Å². The molecule has 0 aliphatic rings. The topological polar surface area (TPSA) is 17.1 Å². The quantitative estimate of drug-likeness (QED) is 0.600. The summed E-state index contributed by atoms with van der Waals surface area (Å²) in [6, 6.07) is 5.17. The van der Waals surface area contributed by atoms with Gasteiger partial charge in [0.25, 0.3) is 0 Å². The minimum atomic E-state index is -0.117. The van der Waals surface area contributed by atoms with E-state index >= 15 is 0 Å². The van der Waals surface area contributed by atoms with E-state index in [1.807, 2.05) is 0 Å². The second-order valence-electron chi connectivity index (χ2n) is 2.21. The lowest BCUT2D eigenvalue weighted by Gasteiger charge is -2.02. The number of rotatable bonds is 2. The summed E-state index contributed by atoms with van der Waals surface area (Å²) in [4.78, 5) is 11.0. The molecular weight excluding hydrogens is 307 g/mol. The van der Waals surface area contributed by atoms with Gasteiger partial charge in [0.15, 0.2) is 0 Å². The van der Waals surface area contributed by atoms with Gasteiger partial charge < -0.3 is 0 Å². The standard InChI is InChI=1S/C8H5Br2ClO/c9-4-5-3-6(11)1-2-7(5)8(10)12/h1-3H,4H2. The number of carbonyl (C=O) groups excluding carboxylic acids is 1. The molecule has 0 radical (unpaired) electrons. The smallest absolute Gasteiger partial charge is 0.228 e. The second-order valence-corrected chi connectivity index (χ2v) is 3.93. The Morgan fingerprint density at radius 1 is 1.50 bits per heavy atom. The fourth-order valence-electron chi connectivity index (χ4n) is 0.865. The number of carbonyl (C=O) groups is 1. The van der Waals surface area contributed by atoms with Gasteiger partial charge in [0.2, 0.25) is 4.69 Å². The molecule has 0 heterocycles. The Morgan fingerprint density at radius 3 is 2.67 bits per heavy atom. The first-order chi connectivity index (χ1) is 5.65. The molecule has 0 saturated carbocycles. The number of benzene rings is 1. The molecule has 0 atom stereocenters. The van der Waals surface area contributed by atoms with E-state index in [4.69, 9.17) is 11.6 Å². The Bertz CT molecular complexity index is 312. The minimum absolute atomic E-state index is 0.117. The van der Waals surface area contributed by atoms with Crippen molar-refractivity contribution >= 4 is 48.2 Å². The van der Waals surface area contributed by atoms with Crippen LogP contribution in [-0.2, 0) is 5.33 Å². The van der Waals surface area contributed by atoms with Gasteiger partial charge in [0.05, 0.1) is 0 Å². The average molecular weight is 312 g/mol. The molecule has 0 N–H and O–H groups in total. The summed E-state index contributed by atoms with van der Waals surface area (Å²) in [5.74, 6) is 0. The molecule has 1 aromatic carbocycles. The van der Waals surface area contributed by atoms with Crippen molar-refractivity contribution in [2.24, 2.45) is 0 Å². The molecule has 1 aromatic rings. The van der Waals surface area contributed by atoms with Crippen molar-refractivity contribution in [2.75, 3.05) is 0 Å². The highest BCUT2D eigenvalue weighted by atomic mass is 79.9. The summed E-state index contributed by atoms with van der Waals surface area (Å²) in [5, 5.41) is 1.27. The summed E-state index contributed by atoms with van der Waals surface area (Å²) in [6.45, 7) is 0. The first-order valence-electron chi connectivity index (χ1n) is 3.19. The molecule has 0 aliphatic heterocycles. The van der Waals surface area contributed by atoms with E-state index in [0.717, 1.165) is 5.56 Å². The summed E-state index contributed by atoms with van der Waals surface area (Å²) in [6.07, 6.45) is 0. The van der Waals surface area contributed by atoms with E-state index in [1.54, 1.807) is 18.2 Å².